The fourth-order valence-electron chi connectivity index (χ4n) is 0.649. The molecule has 0 saturated heterocycles. The minimum absolute atomic E-state index is 0.298. The van der Waals surface area contributed by atoms with Crippen LogP contribution in [-0.2, 0) is 0 Å². The van der Waals surface area contributed by atoms with Gasteiger partial charge in [0, 0.05) is 0 Å². The third-order valence-corrected chi connectivity index (χ3v) is 1.49. The lowest BCUT2D eigenvalue weighted by atomic mass is 10.4. The van der Waals surface area contributed by atoms with Gasteiger partial charge in [-0.15, -0.1) is 0 Å². The zero-order chi connectivity index (χ0) is 7.56. The van der Waals surface area contributed by atoms with Crippen LogP contribution in [0, 0.1) is 0 Å². The van der Waals surface area contributed by atoms with Gasteiger partial charge in [-0.25, -0.2) is 4.68 Å². The van der Waals surface area contributed by atoms with Crippen molar-refractivity contribution in [1.29, 1.82) is 0 Å². The van der Waals surface area contributed by atoms with Gasteiger partial charge in [0.2, 0.25) is 0 Å². The average molecular weight is 253 g/mol. The van der Waals surface area contributed by atoms with E-state index in [0.29, 0.717) is 12.1 Å². The van der Waals surface area contributed by atoms with Crippen LogP contribution in [0.2, 0.25) is 0 Å². The summed E-state index contributed by atoms with van der Waals surface area (Å²) in [6.45, 7) is 4.04. The van der Waals surface area contributed by atoms with Gasteiger partial charge in [0.05, 0.1) is 6.04 Å². The van der Waals surface area contributed by atoms with E-state index in [4.69, 9.17) is 3.07 Å². The second kappa shape index (κ2) is 3.18. The zero-order valence-corrected chi connectivity index (χ0v) is 7.94. The third-order valence-electron chi connectivity index (χ3n) is 1.10. The first kappa shape index (κ1) is 7.77. The summed E-state index contributed by atoms with van der Waals surface area (Å²) >= 11 is 1.79. The Hall–Kier alpha value is -0.330. The first-order valence-electron chi connectivity index (χ1n) is 2.93. The Kier molecular flexibility index (Phi) is 2.47. The van der Waals surface area contributed by atoms with Crippen molar-refractivity contribution >= 4 is 23.0 Å². The molecule has 10 heavy (non-hydrogen) atoms. The fraction of sp³-hybridized carbons (Fsp3) is 0.600. The van der Waals surface area contributed by atoms with E-state index >= 15 is 0 Å². The molecule has 0 aliphatic rings. The van der Waals surface area contributed by atoms with E-state index in [9.17, 15) is 0 Å². The Bertz CT molecular complexity index is 210. The molecule has 0 amide bonds. The Morgan fingerprint density at radius 1 is 1.70 bits per heavy atom. The van der Waals surface area contributed by atoms with Gasteiger partial charge >= 0.3 is 6.01 Å². The van der Waals surface area contributed by atoms with E-state index < -0.39 is 0 Å². The molecule has 5 heteroatoms. The molecule has 0 unspecified atom stereocenters. The minimum atomic E-state index is 0.298. The zero-order valence-electron chi connectivity index (χ0n) is 5.78. The normalized spacial score (nSPS) is 10.4. The molecular weight excluding hydrogens is 245 g/mol. The highest BCUT2D eigenvalue weighted by Gasteiger charge is 2.06. The molecule has 1 aromatic rings. The maximum atomic E-state index is 4.91. The monoisotopic (exact) mass is 253 g/mol. The van der Waals surface area contributed by atoms with Gasteiger partial charge < -0.3 is 3.07 Å². The summed E-state index contributed by atoms with van der Waals surface area (Å²) in [7, 11) is 0. The van der Waals surface area contributed by atoms with Crippen LogP contribution in [0.25, 0.3) is 0 Å². The molecule has 0 bridgehead atoms. The predicted molar refractivity (Wildman–Crippen MR) is 45.1 cm³/mol. The molecule has 4 nitrogen and oxygen atoms in total. The summed E-state index contributed by atoms with van der Waals surface area (Å²) in [5, 5.41) is 3.96. The van der Waals surface area contributed by atoms with Crippen molar-refractivity contribution in [1.82, 2.24) is 14.8 Å². The van der Waals surface area contributed by atoms with Gasteiger partial charge in [-0.2, -0.15) is 10.1 Å². The molecule has 0 atom stereocenters. The number of hydrogen-bond donors (Lipinski definition) is 0. The summed E-state index contributed by atoms with van der Waals surface area (Å²) < 4.78 is 6.62. The number of rotatable bonds is 2. The summed E-state index contributed by atoms with van der Waals surface area (Å²) in [5.41, 5.74) is 0. The highest BCUT2D eigenvalue weighted by Crippen LogP contribution is 2.13. The van der Waals surface area contributed by atoms with Crippen molar-refractivity contribution in [2.45, 2.75) is 19.9 Å². The summed E-state index contributed by atoms with van der Waals surface area (Å²) in [5.74, 6) is 0. The Morgan fingerprint density at radius 3 is 2.80 bits per heavy atom. The van der Waals surface area contributed by atoms with Crippen LogP contribution in [0.4, 0.5) is 0 Å². The largest absolute Gasteiger partial charge is 0.392 e. The predicted octanol–water partition coefficient (Wildman–Crippen LogP) is 1.59. The second-order valence-corrected chi connectivity index (χ2v) is 2.60. The maximum absolute atomic E-state index is 4.91. The molecule has 0 aromatic carbocycles. The van der Waals surface area contributed by atoms with Gasteiger partial charge in [0.1, 0.15) is 6.33 Å². The Morgan fingerprint density at radius 2 is 2.40 bits per heavy atom. The molecule has 0 N–H and O–H groups in total. The van der Waals surface area contributed by atoms with Crippen molar-refractivity contribution in [3.05, 3.63) is 6.33 Å². The van der Waals surface area contributed by atoms with Crippen LogP contribution in [-0.4, -0.2) is 14.8 Å². The van der Waals surface area contributed by atoms with Gasteiger partial charge in [-0.3, -0.25) is 0 Å². The van der Waals surface area contributed by atoms with Crippen molar-refractivity contribution in [2.75, 3.05) is 0 Å². The van der Waals surface area contributed by atoms with Gasteiger partial charge in [0.25, 0.3) is 0 Å². The summed E-state index contributed by atoms with van der Waals surface area (Å²) in [4.78, 5) is 3.88. The maximum Gasteiger partial charge on any atom is 0.324 e. The lowest BCUT2D eigenvalue weighted by Crippen LogP contribution is -2.03. The number of halogens is 1. The SMILES string of the molecule is CC(C)n1ncnc1OI. The standard InChI is InChI=1S/C5H8IN3O/c1-4(2)9-5(10-6)7-3-8-9/h3-4H,1-2H3. The molecule has 1 heterocycles. The van der Waals surface area contributed by atoms with Crippen molar-refractivity contribution in [3.8, 4) is 6.01 Å². The highest BCUT2D eigenvalue weighted by atomic mass is 127. The van der Waals surface area contributed by atoms with Gasteiger partial charge in [-0.1, -0.05) is 0 Å². The lowest BCUT2D eigenvalue weighted by Gasteiger charge is -2.04. The molecule has 0 fully saturated rings. The topological polar surface area (TPSA) is 39.9 Å². The lowest BCUT2D eigenvalue weighted by molar-refractivity contribution is 0.466. The van der Waals surface area contributed by atoms with E-state index in [1.54, 1.807) is 27.7 Å². The average Bonchev–Trinajstić information content (AvgIpc) is 2.33. The highest BCUT2D eigenvalue weighted by molar-refractivity contribution is 14.1. The van der Waals surface area contributed by atoms with Crippen LogP contribution in [0.1, 0.15) is 19.9 Å². The first-order chi connectivity index (χ1) is 4.75. The summed E-state index contributed by atoms with van der Waals surface area (Å²) in [6, 6.07) is 0.850. The molecule has 1 rings (SSSR count). The smallest absolute Gasteiger partial charge is 0.324 e. The number of nitrogens with zero attached hydrogens (tertiary/aromatic N) is 3. The minimum Gasteiger partial charge on any atom is -0.392 e. The van der Waals surface area contributed by atoms with Crippen LogP contribution >= 0.6 is 23.0 Å². The van der Waals surface area contributed by atoms with Gasteiger partial charge in [-0.05, 0) is 13.8 Å². The van der Waals surface area contributed by atoms with E-state index in [-0.39, 0.29) is 0 Å². The van der Waals surface area contributed by atoms with E-state index in [2.05, 4.69) is 10.1 Å². The number of hydrogen-bond acceptors (Lipinski definition) is 3. The molecule has 0 spiro atoms. The quantitative estimate of drug-likeness (QED) is 0.751. The van der Waals surface area contributed by atoms with E-state index in [0.717, 1.165) is 0 Å². The van der Waals surface area contributed by atoms with Crippen LogP contribution in [0.5, 0.6) is 6.01 Å². The molecule has 0 saturated carbocycles. The Labute approximate surface area is 73.3 Å². The molecule has 0 aliphatic carbocycles. The van der Waals surface area contributed by atoms with Crippen molar-refractivity contribution in [3.63, 3.8) is 0 Å². The third kappa shape index (κ3) is 1.39. The second-order valence-electron chi connectivity index (χ2n) is 2.16. The van der Waals surface area contributed by atoms with E-state index in [1.807, 2.05) is 13.8 Å². The van der Waals surface area contributed by atoms with Crippen LogP contribution < -0.4 is 3.07 Å². The van der Waals surface area contributed by atoms with Crippen molar-refractivity contribution < 1.29 is 3.07 Å². The van der Waals surface area contributed by atoms with Crippen LogP contribution in [0.3, 0.4) is 0 Å². The number of aromatic nitrogens is 3. The fourth-order valence-corrected chi connectivity index (χ4v) is 0.964. The molecule has 0 aliphatic heterocycles. The summed E-state index contributed by atoms with van der Waals surface area (Å²) in [6.07, 6.45) is 1.48. The molecule has 1 aromatic heterocycles. The molecule has 0 radical (unpaired) electrons. The van der Waals surface area contributed by atoms with Gasteiger partial charge in [0.15, 0.2) is 23.0 Å². The van der Waals surface area contributed by atoms with E-state index in [1.165, 1.54) is 6.33 Å². The first-order valence-corrected chi connectivity index (χ1v) is 3.82. The van der Waals surface area contributed by atoms with Crippen molar-refractivity contribution in [2.24, 2.45) is 0 Å². The Balaban J connectivity index is 2.90. The molecular formula is C5H8IN3O. The van der Waals surface area contributed by atoms with Crippen LogP contribution in [0.15, 0.2) is 6.33 Å². The molecule has 56 valence electrons.